The Hall–Kier alpha value is -2.36. The summed E-state index contributed by atoms with van der Waals surface area (Å²) >= 11 is 1.36. The first-order chi connectivity index (χ1) is 18.1. The zero-order valence-corrected chi connectivity index (χ0v) is 23.0. The van der Waals surface area contributed by atoms with Gasteiger partial charge in [-0.25, -0.2) is 9.37 Å². The summed E-state index contributed by atoms with van der Waals surface area (Å²) in [6.45, 7) is 3.97. The number of hydrogen-bond donors (Lipinski definition) is 4. The molecule has 1 aromatic heterocycles. The minimum Gasteiger partial charge on any atom is -0.396 e. The number of thiazole rings is 1. The lowest BCUT2D eigenvalue weighted by molar-refractivity contribution is -0.144. The third-order valence-corrected chi connectivity index (χ3v) is 10.6. The Morgan fingerprint density at radius 2 is 1.95 bits per heavy atom. The molecule has 2 amide bonds. The zero-order valence-electron chi connectivity index (χ0n) is 22.1. The Kier molecular flexibility index (Phi) is 7.64. The Morgan fingerprint density at radius 1 is 1.18 bits per heavy atom. The van der Waals surface area contributed by atoms with Crippen LogP contribution in [0.2, 0.25) is 0 Å². The van der Waals surface area contributed by atoms with Crippen LogP contribution in [0.4, 0.5) is 9.52 Å². The molecule has 2 saturated carbocycles. The van der Waals surface area contributed by atoms with Gasteiger partial charge in [0.25, 0.3) is 5.91 Å². The fourth-order valence-corrected chi connectivity index (χ4v) is 8.28. The molecule has 3 aliphatic carbocycles. The molecule has 0 bridgehead atoms. The van der Waals surface area contributed by atoms with Crippen molar-refractivity contribution >= 4 is 28.3 Å². The summed E-state index contributed by atoms with van der Waals surface area (Å²) in [5.74, 6) is -1.20. The first-order valence-electron chi connectivity index (χ1n) is 13.8. The van der Waals surface area contributed by atoms with E-state index in [4.69, 9.17) is 4.98 Å². The molecule has 9 heteroatoms. The molecule has 0 saturated heterocycles. The molecule has 7 nitrogen and oxygen atoms in total. The van der Waals surface area contributed by atoms with Crippen molar-refractivity contribution in [1.82, 2.24) is 10.3 Å². The van der Waals surface area contributed by atoms with Crippen LogP contribution >= 0.6 is 11.3 Å². The number of anilines is 1. The molecule has 0 radical (unpaired) electrons. The summed E-state index contributed by atoms with van der Waals surface area (Å²) in [5.41, 5.74) is -0.0412. The lowest BCUT2D eigenvalue weighted by atomic mass is 9.47. The number of aromatic nitrogens is 1. The van der Waals surface area contributed by atoms with Crippen molar-refractivity contribution in [2.24, 2.45) is 16.7 Å². The van der Waals surface area contributed by atoms with E-state index in [0.717, 1.165) is 42.7 Å². The number of amides is 2. The van der Waals surface area contributed by atoms with E-state index in [9.17, 15) is 24.2 Å². The molecule has 2 fully saturated rings. The SMILES string of the molecule is C[C@]1(CO)[C@H]2Cc3sc(NC(=O)c4cccc(F)c4)nc3[C@@H](CC(=O)NC3CCCCC3)[C@]2(C)CC[C@H]1O. The normalized spacial score (nSPS) is 31.2. The summed E-state index contributed by atoms with van der Waals surface area (Å²) in [6.07, 6.45) is 6.99. The topological polar surface area (TPSA) is 112 Å². The Bertz CT molecular complexity index is 1200. The summed E-state index contributed by atoms with van der Waals surface area (Å²) in [4.78, 5) is 32.0. The van der Waals surface area contributed by atoms with Crippen molar-refractivity contribution in [3.63, 3.8) is 0 Å². The smallest absolute Gasteiger partial charge is 0.257 e. The number of rotatable bonds is 6. The standard InChI is InChI=1S/C29H38FN3O4S/c1-28-12-11-23(35)29(2,16-34)22(28)15-21-25(20(28)14-24(36)31-19-9-4-3-5-10-19)32-27(38-21)33-26(37)17-7-6-8-18(30)13-17/h6-8,13,19-20,22-23,34-35H,3-5,9-12,14-16H2,1-2H3,(H,31,36)(H,32,33,37)/t20-,22+,23-,28+,29+/m1/s1. The van der Waals surface area contributed by atoms with Crippen LogP contribution in [0.1, 0.15) is 92.1 Å². The summed E-state index contributed by atoms with van der Waals surface area (Å²) in [6, 6.07) is 5.72. The number of halogens is 1. The van der Waals surface area contributed by atoms with E-state index >= 15 is 0 Å². The molecule has 5 rings (SSSR count). The molecule has 5 atom stereocenters. The van der Waals surface area contributed by atoms with Gasteiger partial charge in [-0.15, -0.1) is 11.3 Å². The first-order valence-corrected chi connectivity index (χ1v) is 14.6. The minimum atomic E-state index is -0.711. The lowest BCUT2D eigenvalue weighted by Crippen LogP contribution is -2.57. The number of carbonyl (C=O) groups is 2. The number of aliphatic hydroxyl groups is 2. The van der Waals surface area contributed by atoms with Gasteiger partial charge in [-0.1, -0.05) is 39.2 Å². The van der Waals surface area contributed by atoms with Gasteiger partial charge in [0, 0.05) is 34.2 Å². The number of nitrogens with one attached hydrogen (secondary N) is 2. The van der Waals surface area contributed by atoms with Crippen LogP contribution in [0.25, 0.3) is 0 Å². The van der Waals surface area contributed by atoms with Gasteiger partial charge in [-0.2, -0.15) is 0 Å². The number of benzene rings is 1. The zero-order chi connectivity index (χ0) is 27.1. The van der Waals surface area contributed by atoms with Crippen LogP contribution in [0, 0.1) is 22.6 Å². The van der Waals surface area contributed by atoms with Crippen molar-refractivity contribution in [2.45, 2.75) is 89.7 Å². The van der Waals surface area contributed by atoms with Crippen LogP contribution in [0.3, 0.4) is 0 Å². The van der Waals surface area contributed by atoms with Gasteiger partial charge >= 0.3 is 0 Å². The predicted molar refractivity (Wildman–Crippen MR) is 145 cm³/mol. The molecule has 3 aliphatic rings. The minimum absolute atomic E-state index is 0.00453. The summed E-state index contributed by atoms with van der Waals surface area (Å²) in [5, 5.41) is 27.9. The van der Waals surface area contributed by atoms with Crippen molar-refractivity contribution < 1.29 is 24.2 Å². The Morgan fingerprint density at radius 3 is 2.66 bits per heavy atom. The fourth-order valence-electron chi connectivity index (χ4n) is 7.22. The van der Waals surface area contributed by atoms with Crippen molar-refractivity contribution in [3.05, 3.63) is 46.2 Å². The van der Waals surface area contributed by atoms with Crippen LogP contribution in [0.5, 0.6) is 0 Å². The van der Waals surface area contributed by atoms with Crippen LogP contribution in [-0.4, -0.2) is 45.8 Å². The quantitative estimate of drug-likeness (QED) is 0.419. The highest BCUT2D eigenvalue weighted by Crippen LogP contribution is 2.62. The third-order valence-electron chi connectivity index (χ3n) is 9.56. The van der Waals surface area contributed by atoms with E-state index in [1.807, 2.05) is 6.92 Å². The molecule has 0 unspecified atom stereocenters. The lowest BCUT2D eigenvalue weighted by Gasteiger charge is -2.58. The molecule has 206 valence electrons. The third kappa shape index (κ3) is 5.00. The van der Waals surface area contributed by atoms with E-state index in [2.05, 4.69) is 17.6 Å². The van der Waals surface area contributed by atoms with Gasteiger partial charge < -0.3 is 15.5 Å². The summed E-state index contributed by atoms with van der Waals surface area (Å²) in [7, 11) is 0. The second-order valence-corrected chi connectivity index (χ2v) is 13.0. The summed E-state index contributed by atoms with van der Waals surface area (Å²) < 4.78 is 13.7. The van der Waals surface area contributed by atoms with Gasteiger partial charge in [0.05, 0.1) is 18.4 Å². The maximum atomic E-state index is 13.7. The van der Waals surface area contributed by atoms with Gasteiger partial charge in [-0.05, 0) is 61.6 Å². The number of aliphatic hydroxyl groups excluding tert-OH is 2. The highest BCUT2D eigenvalue weighted by molar-refractivity contribution is 7.15. The highest BCUT2D eigenvalue weighted by Gasteiger charge is 2.59. The number of nitrogens with zero attached hydrogens (tertiary/aromatic N) is 1. The molecule has 0 spiro atoms. The van der Waals surface area contributed by atoms with E-state index < -0.39 is 23.2 Å². The molecule has 38 heavy (non-hydrogen) atoms. The Balaban J connectivity index is 1.46. The molecular formula is C29H38FN3O4S. The van der Waals surface area contributed by atoms with Crippen molar-refractivity contribution in [1.29, 1.82) is 0 Å². The number of hydrogen-bond acceptors (Lipinski definition) is 6. The maximum Gasteiger partial charge on any atom is 0.257 e. The number of fused-ring (bicyclic) bond motifs is 2. The van der Waals surface area contributed by atoms with E-state index in [1.54, 1.807) is 6.07 Å². The van der Waals surface area contributed by atoms with Gasteiger partial charge in [0.1, 0.15) is 5.82 Å². The molecule has 1 heterocycles. The van der Waals surface area contributed by atoms with Crippen LogP contribution in [0.15, 0.2) is 24.3 Å². The van der Waals surface area contributed by atoms with Crippen molar-refractivity contribution in [2.75, 3.05) is 11.9 Å². The highest BCUT2D eigenvalue weighted by atomic mass is 32.1. The van der Waals surface area contributed by atoms with E-state index in [1.165, 1.54) is 36.0 Å². The van der Waals surface area contributed by atoms with E-state index in [-0.39, 0.29) is 47.8 Å². The van der Waals surface area contributed by atoms with Gasteiger partial charge in [0.2, 0.25) is 5.91 Å². The Labute approximate surface area is 227 Å². The van der Waals surface area contributed by atoms with Crippen LogP contribution in [-0.2, 0) is 11.2 Å². The molecular weight excluding hydrogens is 505 g/mol. The van der Waals surface area contributed by atoms with Crippen molar-refractivity contribution in [3.8, 4) is 0 Å². The van der Waals surface area contributed by atoms with E-state index in [0.29, 0.717) is 18.0 Å². The second-order valence-electron chi connectivity index (χ2n) is 11.9. The maximum absolute atomic E-state index is 13.7. The fraction of sp³-hybridized carbons (Fsp3) is 0.621. The largest absolute Gasteiger partial charge is 0.396 e. The average molecular weight is 544 g/mol. The molecule has 4 N–H and O–H groups in total. The monoisotopic (exact) mass is 543 g/mol. The average Bonchev–Trinajstić information content (AvgIpc) is 3.30. The predicted octanol–water partition coefficient (Wildman–Crippen LogP) is 4.79. The molecule has 1 aromatic carbocycles. The van der Waals surface area contributed by atoms with Crippen LogP contribution < -0.4 is 10.6 Å². The number of carbonyl (C=O) groups excluding carboxylic acids is 2. The van der Waals surface area contributed by atoms with Gasteiger partial charge in [-0.3, -0.25) is 14.9 Å². The van der Waals surface area contributed by atoms with Gasteiger partial charge in [0.15, 0.2) is 5.13 Å². The second kappa shape index (κ2) is 10.7. The molecule has 0 aliphatic heterocycles. The molecule has 2 aromatic rings. The first kappa shape index (κ1) is 27.2.